The quantitative estimate of drug-likeness (QED) is 0.776. The van der Waals surface area contributed by atoms with Gasteiger partial charge in [-0.15, -0.1) is 0 Å². The second kappa shape index (κ2) is 5.18. The summed E-state index contributed by atoms with van der Waals surface area (Å²) in [5.41, 5.74) is 2.55. The summed E-state index contributed by atoms with van der Waals surface area (Å²) in [6.07, 6.45) is 7.10. The number of hydrogen-bond acceptors (Lipinski definition) is 5. The monoisotopic (exact) mass is 304 g/mol. The molecule has 112 valence electrons. The van der Waals surface area contributed by atoms with Crippen LogP contribution in [0.3, 0.4) is 0 Å². The van der Waals surface area contributed by atoms with Gasteiger partial charge in [-0.1, -0.05) is 6.08 Å². The SMILES string of the molecule is N#CCC(=O)N1CC=C(c2[nH]ncc3cnc4nccc4c23)C1. The molecule has 23 heavy (non-hydrogen) atoms. The molecule has 0 aliphatic carbocycles. The average Bonchev–Trinajstić information content (AvgIpc) is 3.23. The number of carbonyl (C=O) groups is 1. The number of H-pyrrole nitrogens is 1. The minimum absolute atomic E-state index is 0.0977. The number of fused-ring (bicyclic) bond motifs is 3. The number of nitriles is 1. The summed E-state index contributed by atoms with van der Waals surface area (Å²) >= 11 is 0. The molecule has 1 aliphatic rings. The molecule has 3 aromatic rings. The van der Waals surface area contributed by atoms with E-state index in [0.717, 1.165) is 27.4 Å². The minimum Gasteiger partial charge on any atom is -0.334 e. The zero-order valence-electron chi connectivity index (χ0n) is 12.2. The van der Waals surface area contributed by atoms with E-state index in [2.05, 4.69) is 20.2 Å². The highest BCUT2D eigenvalue weighted by atomic mass is 16.2. The zero-order chi connectivity index (χ0) is 15.8. The van der Waals surface area contributed by atoms with E-state index >= 15 is 0 Å². The van der Waals surface area contributed by atoms with Gasteiger partial charge in [0.25, 0.3) is 0 Å². The number of nitrogens with zero attached hydrogens (tertiary/aromatic N) is 5. The number of hydrogen-bond donors (Lipinski definition) is 1. The number of carbonyl (C=O) groups excluding carboxylic acids is 1. The van der Waals surface area contributed by atoms with E-state index in [-0.39, 0.29) is 12.3 Å². The lowest BCUT2D eigenvalue weighted by Crippen LogP contribution is -2.28. The Morgan fingerprint density at radius 3 is 3.17 bits per heavy atom. The predicted octanol–water partition coefficient (Wildman–Crippen LogP) is 1.65. The van der Waals surface area contributed by atoms with Crippen LogP contribution in [-0.2, 0) is 4.79 Å². The third-order valence-corrected chi connectivity index (χ3v) is 4.02. The molecule has 0 spiro atoms. The van der Waals surface area contributed by atoms with Crippen molar-refractivity contribution in [1.29, 1.82) is 5.26 Å². The van der Waals surface area contributed by atoms with Crippen molar-refractivity contribution in [3.05, 3.63) is 36.4 Å². The Morgan fingerprint density at radius 2 is 2.30 bits per heavy atom. The van der Waals surface area contributed by atoms with Crippen LogP contribution in [-0.4, -0.2) is 44.1 Å². The normalized spacial score (nSPS) is 14.2. The van der Waals surface area contributed by atoms with Gasteiger partial charge in [-0.25, -0.2) is 9.97 Å². The van der Waals surface area contributed by atoms with E-state index in [1.54, 1.807) is 23.5 Å². The van der Waals surface area contributed by atoms with Crippen molar-refractivity contribution in [3.8, 4) is 6.07 Å². The summed E-state index contributed by atoms with van der Waals surface area (Å²) in [5.74, 6) is -0.159. The number of rotatable bonds is 2. The molecule has 0 aromatic carbocycles. The van der Waals surface area contributed by atoms with Crippen LogP contribution in [0.1, 0.15) is 12.1 Å². The Morgan fingerprint density at radius 1 is 1.39 bits per heavy atom. The molecule has 0 bridgehead atoms. The first-order valence-corrected chi connectivity index (χ1v) is 7.19. The molecule has 3 aromatic heterocycles. The molecular weight excluding hydrogens is 292 g/mol. The summed E-state index contributed by atoms with van der Waals surface area (Å²) in [7, 11) is 0. The molecule has 0 unspecified atom stereocenters. The molecule has 4 rings (SSSR count). The number of nitrogens with one attached hydrogen (secondary N) is 1. The lowest BCUT2D eigenvalue weighted by molar-refractivity contribution is -0.128. The van der Waals surface area contributed by atoms with Crippen LogP contribution in [0.15, 0.2) is 30.7 Å². The molecule has 1 amide bonds. The van der Waals surface area contributed by atoms with Crippen LogP contribution in [0.2, 0.25) is 0 Å². The van der Waals surface area contributed by atoms with Crippen molar-refractivity contribution in [1.82, 2.24) is 25.1 Å². The Hall–Kier alpha value is -3.27. The lowest BCUT2D eigenvalue weighted by Gasteiger charge is -2.15. The van der Waals surface area contributed by atoms with E-state index < -0.39 is 0 Å². The predicted molar refractivity (Wildman–Crippen MR) is 84.0 cm³/mol. The van der Waals surface area contributed by atoms with E-state index in [1.807, 2.05) is 18.2 Å². The topological polar surface area (TPSA) is 98.6 Å². The minimum atomic E-state index is -0.159. The highest BCUT2D eigenvalue weighted by Crippen LogP contribution is 2.30. The van der Waals surface area contributed by atoms with Gasteiger partial charge in [0.2, 0.25) is 5.91 Å². The van der Waals surface area contributed by atoms with E-state index in [9.17, 15) is 4.79 Å². The highest BCUT2D eigenvalue weighted by Gasteiger charge is 2.22. The van der Waals surface area contributed by atoms with Crippen molar-refractivity contribution in [2.24, 2.45) is 0 Å². The maximum absolute atomic E-state index is 11.9. The third-order valence-electron chi connectivity index (χ3n) is 4.02. The molecule has 0 saturated heterocycles. The maximum atomic E-state index is 11.9. The van der Waals surface area contributed by atoms with E-state index in [1.165, 1.54) is 0 Å². The summed E-state index contributed by atoms with van der Waals surface area (Å²) in [6.45, 7) is 0.976. The van der Waals surface area contributed by atoms with Crippen molar-refractivity contribution in [2.45, 2.75) is 6.42 Å². The number of aromatic nitrogens is 4. The second-order valence-corrected chi connectivity index (χ2v) is 5.35. The van der Waals surface area contributed by atoms with Gasteiger partial charge >= 0.3 is 0 Å². The molecule has 0 atom stereocenters. The standard InChI is InChI=1S/C16H12N6O/c17-4-1-13(23)22-6-3-10(9-22)15-14-11(8-20-21-15)7-19-16-12(14)2-5-18-16/h2-3,5,7-8,21H,1,6,9H2. The molecule has 7 nitrogen and oxygen atoms in total. The third kappa shape index (κ3) is 2.12. The van der Waals surface area contributed by atoms with E-state index in [4.69, 9.17) is 5.26 Å². The highest BCUT2D eigenvalue weighted by molar-refractivity contribution is 6.09. The fourth-order valence-corrected chi connectivity index (χ4v) is 2.91. The Balaban J connectivity index is 1.80. The van der Waals surface area contributed by atoms with Crippen molar-refractivity contribution < 1.29 is 4.79 Å². The van der Waals surface area contributed by atoms with Gasteiger partial charge in [0.15, 0.2) is 5.65 Å². The van der Waals surface area contributed by atoms with Gasteiger partial charge in [-0.2, -0.15) is 10.4 Å². The van der Waals surface area contributed by atoms with Gasteiger partial charge in [0.1, 0.15) is 6.42 Å². The van der Waals surface area contributed by atoms with Crippen molar-refractivity contribution >= 4 is 33.3 Å². The molecule has 0 saturated carbocycles. The summed E-state index contributed by atoms with van der Waals surface area (Å²) < 4.78 is 0. The summed E-state index contributed by atoms with van der Waals surface area (Å²) in [5, 5.41) is 18.8. The van der Waals surface area contributed by atoms with Crippen molar-refractivity contribution in [2.75, 3.05) is 13.1 Å². The summed E-state index contributed by atoms with van der Waals surface area (Å²) in [6, 6.07) is 3.82. The molecule has 1 aliphatic heterocycles. The number of pyridine rings is 1. The Labute approximate surface area is 131 Å². The lowest BCUT2D eigenvalue weighted by atomic mass is 10.1. The first-order chi connectivity index (χ1) is 11.3. The average molecular weight is 304 g/mol. The van der Waals surface area contributed by atoms with Gasteiger partial charge < -0.3 is 4.90 Å². The van der Waals surface area contributed by atoms with Crippen LogP contribution in [0.5, 0.6) is 0 Å². The first-order valence-electron chi connectivity index (χ1n) is 7.19. The summed E-state index contributed by atoms with van der Waals surface area (Å²) in [4.78, 5) is 22.1. The largest absolute Gasteiger partial charge is 0.334 e. The zero-order valence-corrected chi connectivity index (χ0v) is 12.2. The van der Waals surface area contributed by atoms with Gasteiger partial charge in [-0.3, -0.25) is 9.89 Å². The van der Waals surface area contributed by atoms with Gasteiger partial charge in [0.05, 0.1) is 18.0 Å². The number of amides is 1. The molecular formula is C16H12N6O. The van der Waals surface area contributed by atoms with Crippen LogP contribution in [0.4, 0.5) is 0 Å². The van der Waals surface area contributed by atoms with E-state index in [0.29, 0.717) is 18.7 Å². The smallest absolute Gasteiger partial charge is 0.237 e. The Bertz CT molecular complexity index is 997. The molecule has 1 N–H and O–H groups in total. The fourth-order valence-electron chi connectivity index (χ4n) is 2.91. The molecule has 0 radical (unpaired) electrons. The maximum Gasteiger partial charge on any atom is 0.237 e. The fraction of sp³-hybridized carbons (Fsp3) is 0.188. The van der Waals surface area contributed by atoms with Crippen LogP contribution >= 0.6 is 0 Å². The Kier molecular flexibility index (Phi) is 3.01. The second-order valence-electron chi connectivity index (χ2n) is 5.35. The molecule has 7 heteroatoms. The molecule has 0 fully saturated rings. The first kappa shape index (κ1) is 13.4. The van der Waals surface area contributed by atoms with Crippen LogP contribution < -0.4 is 0 Å². The van der Waals surface area contributed by atoms with Gasteiger partial charge in [0, 0.05) is 41.6 Å². The van der Waals surface area contributed by atoms with Crippen LogP contribution in [0, 0.1) is 11.3 Å². The van der Waals surface area contributed by atoms with Gasteiger partial charge in [-0.05, 0) is 11.6 Å². The van der Waals surface area contributed by atoms with Crippen LogP contribution in [0.25, 0.3) is 27.4 Å². The number of aromatic amines is 1. The molecule has 4 heterocycles. The van der Waals surface area contributed by atoms with Crippen molar-refractivity contribution in [3.63, 3.8) is 0 Å².